The summed E-state index contributed by atoms with van der Waals surface area (Å²) >= 11 is 6.43. The second-order valence-corrected chi connectivity index (χ2v) is 6.73. The molecule has 0 aliphatic rings. The molecule has 3 N–H and O–H groups in total. The minimum absolute atomic E-state index is 0.00989. The Morgan fingerprint density at radius 1 is 1.40 bits per heavy atom. The Kier molecular flexibility index (Phi) is 5.26. The molecule has 1 rings (SSSR count). The number of halogens is 3. The topological polar surface area (TPSA) is 50.9 Å². The smallest absolute Gasteiger partial charge is 0.389 e. The fourth-order valence-corrected chi connectivity index (χ4v) is 1.70. The zero-order chi connectivity index (χ0) is 15.6. The summed E-state index contributed by atoms with van der Waals surface area (Å²) in [6.07, 6.45) is -2.57. The molecule has 112 valence electrons. The zero-order valence-electron chi connectivity index (χ0n) is 11.3. The summed E-state index contributed by atoms with van der Waals surface area (Å²) in [6, 6.07) is 2.12. The number of nitrogens with zero attached hydrogens (tertiary/aromatic N) is 1. The zero-order valence-corrected chi connectivity index (χ0v) is 13.0. The van der Waals surface area contributed by atoms with E-state index in [-0.39, 0.29) is 15.6 Å². The van der Waals surface area contributed by atoms with Crippen LogP contribution in [0.25, 0.3) is 0 Å². The lowest BCUT2D eigenvalue weighted by Gasteiger charge is -2.23. The molecule has 0 atom stereocenters. The van der Waals surface area contributed by atoms with Crippen LogP contribution < -0.4 is 11.1 Å². The first-order chi connectivity index (χ1) is 9.07. The summed E-state index contributed by atoms with van der Waals surface area (Å²) in [7, 11) is 0. The number of nitrogens with one attached hydrogen (secondary N) is 1. The standard InChI is InChI=1S/C12H16F3N3S2/c1-11(2,20-3)6-17-10-7(9(16)19)4-5-8(18-10)12(13,14)15/h4-5H,6H2,1-3H3,(H2,16,19)(H,17,18). The highest BCUT2D eigenvalue weighted by Crippen LogP contribution is 2.30. The summed E-state index contributed by atoms with van der Waals surface area (Å²) in [5.41, 5.74) is 4.85. The number of aromatic nitrogens is 1. The van der Waals surface area contributed by atoms with Gasteiger partial charge in [0.1, 0.15) is 16.5 Å². The van der Waals surface area contributed by atoms with Crippen LogP contribution in [-0.2, 0) is 6.18 Å². The molecule has 0 unspecified atom stereocenters. The molecule has 0 fully saturated rings. The Bertz CT molecular complexity index is 501. The molecular formula is C12H16F3N3S2. The van der Waals surface area contributed by atoms with E-state index in [9.17, 15) is 13.2 Å². The number of pyridine rings is 1. The fourth-order valence-electron chi connectivity index (χ4n) is 1.32. The monoisotopic (exact) mass is 323 g/mol. The number of anilines is 1. The molecule has 0 aliphatic heterocycles. The van der Waals surface area contributed by atoms with Gasteiger partial charge in [0, 0.05) is 11.3 Å². The van der Waals surface area contributed by atoms with Gasteiger partial charge in [-0.15, -0.1) is 0 Å². The summed E-state index contributed by atoms with van der Waals surface area (Å²) in [5, 5.41) is 2.90. The minimum Gasteiger partial charge on any atom is -0.389 e. The van der Waals surface area contributed by atoms with Gasteiger partial charge in [0.15, 0.2) is 0 Å². The van der Waals surface area contributed by atoms with Gasteiger partial charge in [-0.3, -0.25) is 0 Å². The van der Waals surface area contributed by atoms with Crippen molar-refractivity contribution < 1.29 is 13.2 Å². The van der Waals surface area contributed by atoms with Crippen LogP contribution in [0.1, 0.15) is 25.1 Å². The van der Waals surface area contributed by atoms with Gasteiger partial charge in [-0.1, -0.05) is 12.2 Å². The summed E-state index contributed by atoms with van der Waals surface area (Å²) in [5.74, 6) is 0.0643. The number of rotatable bonds is 5. The van der Waals surface area contributed by atoms with Crippen molar-refractivity contribution in [1.29, 1.82) is 0 Å². The molecule has 0 radical (unpaired) electrons. The number of thiocarbonyl (C=S) groups is 1. The van der Waals surface area contributed by atoms with E-state index in [1.807, 2.05) is 20.1 Å². The molecule has 1 aromatic rings. The largest absolute Gasteiger partial charge is 0.433 e. The number of hydrogen-bond donors (Lipinski definition) is 2. The van der Waals surface area contributed by atoms with Gasteiger partial charge < -0.3 is 11.1 Å². The number of thioether (sulfide) groups is 1. The third-order valence-corrected chi connectivity index (χ3v) is 4.15. The van der Waals surface area contributed by atoms with E-state index < -0.39 is 11.9 Å². The van der Waals surface area contributed by atoms with Crippen molar-refractivity contribution in [2.24, 2.45) is 5.73 Å². The van der Waals surface area contributed by atoms with Crippen molar-refractivity contribution in [3.05, 3.63) is 23.4 Å². The van der Waals surface area contributed by atoms with Crippen molar-refractivity contribution in [3.63, 3.8) is 0 Å². The SMILES string of the molecule is CSC(C)(C)CNc1nc(C(F)(F)F)ccc1C(N)=S. The van der Waals surface area contributed by atoms with E-state index in [1.54, 1.807) is 11.8 Å². The predicted octanol–water partition coefficient (Wildman–Crippen LogP) is 3.29. The van der Waals surface area contributed by atoms with Gasteiger partial charge in [-0.05, 0) is 32.2 Å². The molecule has 0 bridgehead atoms. The molecule has 0 aromatic carbocycles. The lowest BCUT2D eigenvalue weighted by atomic mass is 10.2. The molecule has 1 aromatic heterocycles. The van der Waals surface area contributed by atoms with Crippen LogP contribution >= 0.6 is 24.0 Å². The van der Waals surface area contributed by atoms with Gasteiger partial charge in [-0.2, -0.15) is 24.9 Å². The van der Waals surface area contributed by atoms with Gasteiger partial charge in [0.2, 0.25) is 0 Å². The highest BCUT2D eigenvalue weighted by atomic mass is 32.2. The maximum atomic E-state index is 12.7. The Labute approximate surface area is 125 Å². The number of hydrogen-bond acceptors (Lipinski definition) is 4. The van der Waals surface area contributed by atoms with Crippen LogP contribution in [0, 0.1) is 0 Å². The average molecular weight is 323 g/mol. The van der Waals surface area contributed by atoms with E-state index in [4.69, 9.17) is 18.0 Å². The molecule has 0 saturated heterocycles. The minimum atomic E-state index is -4.50. The average Bonchev–Trinajstić information content (AvgIpc) is 2.35. The first-order valence-corrected chi connectivity index (χ1v) is 7.37. The molecule has 8 heteroatoms. The Morgan fingerprint density at radius 3 is 2.45 bits per heavy atom. The van der Waals surface area contributed by atoms with Crippen LogP contribution in [-0.4, -0.2) is 27.5 Å². The first kappa shape index (κ1) is 17.0. The van der Waals surface area contributed by atoms with Gasteiger partial charge in [0.25, 0.3) is 0 Å². The highest BCUT2D eigenvalue weighted by Gasteiger charge is 2.33. The van der Waals surface area contributed by atoms with Crippen molar-refractivity contribution in [3.8, 4) is 0 Å². The van der Waals surface area contributed by atoms with Crippen LogP contribution in [0.2, 0.25) is 0 Å². The third-order valence-electron chi connectivity index (χ3n) is 2.69. The van der Waals surface area contributed by atoms with Crippen molar-refractivity contribution in [2.45, 2.75) is 24.8 Å². The molecule has 1 heterocycles. The Morgan fingerprint density at radius 2 is 2.00 bits per heavy atom. The summed E-state index contributed by atoms with van der Waals surface area (Å²) in [6.45, 7) is 4.38. The third kappa shape index (κ3) is 4.52. The summed E-state index contributed by atoms with van der Waals surface area (Å²) < 4.78 is 37.9. The number of nitrogens with two attached hydrogens (primary N) is 1. The second-order valence-electron chi connectivity index (χ2n) is 4.77. The number of alkyl halides is 3. The predicted molar refractivity (Wildman–Crippen MR) is 81.2 cm³/mol. The molecule has 0 amide bonds. The van der Waals surface area contributed by atoms with E-state index in [0.29, 0.717) is 12.1 Å². The Hall–Kier alpha value is -1.02. The van der Waals surface area contributed by atoms with Crippen LogP contribution in [0.4, 0.5) is 19.0 Å². The quantitative estimate of drug-likeness (QED) is 0.815. The molecule has 20 heavy (non-hydrogen) atoms. The van der Waals surface area contributed by atoms with Crippen molar-refractivity contribution in [2.75, 3.05) is 18.1 Å². The first-order valence-electron chi connectivity index (χ1n) is 5.74. The van der Waals surface area contributed by atoms with Crippen LogP contribution in [0.5, 0.6) is 0 Å². The van der Waals surface area contributed by atoms with Crippen LogP contribution in [0.15, 0.2) is 12.1 Å². The lowest BCUT2D eigenvalue weighted by Crippen LogP contribution is -2.28. The van der Waals surface area contributed by atoms with Crippen molar-refractivity contribution >= 4 is 34.8 Å². The van der Waals surface area contributed by atoms with E-state index in [1.165, 1.54) is 6.07 Å². The molecule has 3 nitrogen and oxygen atoms in total. The maximum Gasteiger partial charge on any atom is 0.433 e. The van der Waals surface area contributed by atoms with Gasteiger partial charge >= 0.3 is 6.18 Å². The molecular weight excluding hydrogens is 307 g/mol. The fraction of sp³-hybridized carbons (Fsp3) is 0.500. The second kappa shape index (κ2) is 6.17. The molecule has 0 aliphatic carbocycles. The normalized spacial score (nSPS) is 12.3. The molecule has 0 saturated carbocycles. The van der Waals surface area contributed by atoms with Gasteiger partial charge in [-0.25, -0.2) is 4.98 Å². The van der Waals surface area contributed by atoms with Gasteiger partial charge in [0.05, 0.1) is 5.56 Å². The van der Waals surface area contributed by atoms with Crippen molar-refractivity contribution in [1.82, 2.24) is 4.98 Å². The Balaban J connectivity index is 3.10. The van der Waals surface area contributed by atoms with E-state index >= 15 is 0 Å². The van der Waals surface area contributed by atoms with Crippen LogP contribution in [0.3, 0.4) is 0 Å². The van der Waals surface area contributed by atoms with E-state index in [0.717, 1.165) is 6.07 Å². The van der Waals surface area contributed by atoms with E-state index in [2.05, 4.69) is 10.3 Å². The summed E-state index contributed by atoms with van der Waals surface area (Å²) in [4.78, 5) is 3.60. The lowest BCUT2D eigenvalue weighted by molar-refractivity contribution is -0.141. The molecule has 0 spiro atoms. The maximum absolute atomic E-state index is 12.7. The highest BCUT2D eigenvalue weighted by molar-refractivity contribution is 7.99.